The number of carbonyl (C=O) groups excluding carboxylic acids is 1. The fraction of sp³-hybridized carbons (Fsp3) is 0.492. The number of rotatable bonds is 13. The first kappa shape index (κ1) is 50.9. The van der Waals surface area contributed by atoms with Crippen molar-refractivity contribution in [3.05, 3.63) is 131 Å². The lowest BCUT2D eigenvalue weighted by Crippen LogP contribution is -2.48. The van der Waals surface area contributed by atoms with Crippen LogP contribution in [0.2, 0.25) is 0 Å². The van der Waals surface area contributed by atoms with Gasteiger partial charge in [-0.05, 0) is 175 Å². The summed E-state index contributed by atoms with van der Waals surface area (Å²) in [7, 11) is 0. The lowest BCUT2D eigenvalue weighted by molar-refractivity contribution is -0.121. The zero-order valence-corrected chi connectivity index (χ0v) is 43.9. The number of amides is 1. The highest BCUT2D eigenvalue weighted by atomic mass is 16.3. The zero-order chi connectivity index (χ0) is 50.6. The Labute approximate surface area is 429 Å². The maximum atomic E-state index is 12.6. The van der Waals surface area contributed by atoms with Crippen LogP contribution >= 0.6 is 0 Å². The largest absolute Gasteiger partial charge is 0.385 e. The molecule has 72 heavy (non-hydrogen) atoms. The van der Waals surface area contributed by atoms with Crippen molar-refractivity contribution in [2.45, 2.75) is 159 Å². The van der Waals surface area contributed by atoms with Crippen molar-refractivity contribution < 1.29 is 9.90 Å². The zero-order valence-electron chi connectivity index (χ0n) is 43.9. The third kappa shape index (κ3) is 12.1. The summed E-state index contributed by atoms with van der Waals surface area (Å²) in [5.74, 6) is 7.36. The van der Waals surface area contributed by atoms with Crippen molar-refractivity contribution in [1.29, 1.82) is 0 Å². The van der Waals surface area contributed by atoms with Gasteiger partial charge in [0.1, 0.15) is 12.1 Å². The van der Waals surface area contributed by atoms with E-state index in [0.29, 0.717) is 18.6 Å². The van der Waals surface area contributed by atoms with Gasteiger partial charge in [0.25, 0.3) is 0 Å². The van der Waals surface area contributed by atoms with Crippen molar-refractivity contribution >= 4 is 45.3 Å². The van der Waals surface area contributed by atoms with Gasteiger partial charge in [-0.1, -0.05) is 103 Å². The number of hydrogen-bond donors (Lipinski definition) is 5. The molecule has 2 heterocycles. The Morgan fingerprint density at radius 3 is 2.01 bits per heavy atom. The summed E-state index contributed by atoms with van der Waals surface area (Å²) in [6.07, 6.45) is 25.8. The van der Waals surface area contributed by atoms with E-state index in [-0.39, 0.29) is 23.3 Å². The van der Waals surface area contributed by atoms with Crippen molar-refractivity contribution in [2.24, 2.45) is 28.7 Å². The van der Waals surface area contributed by atoms with Crippen molar-refractivity contribution in [2.75, 3.05) is 23.7 Å². The van der Waals surface area contributed by atoms with Gasteiger partial charge in [0.05, 0.1) is 24.2 Å². The predicted molar refractivity (Wildman–Crippen MR) is 298 cm³/mol. The van der Waals surface area contributed by atoms with Crippen LogP contribution in [0, 0.1) is 36.0 Å². The maximum Gasteiger partial charge on any atom is 0.239 e. The van der Waals surface area contributed by atoms with Crippen LogP contribution in [-0.2, 0) is 15.6 Å². The van der Waals surface area contributed by atoms with Crippen LogP contribution in [0.4, 0.5) is 11.5 Å². The minimum absolute atomic E-state index is 0.0416. The molecule has 1 amide bonds. The molecule has 0 unspecified atom stereocenters. The first-order valence-electron chi connectivity index (χ1n) is 27.0. The van der Waals surface area contributed by atoms with E-state index in [1.165, 1.54) is 60.6 Å². The number of terminal acetylenes is 1. The Bertz CT molecular complexity index is 2820. The molecule has 9 nitrogen and oxygen atoms in total. The van der Waals surface area contributed by atoms with Crippen molar-refractivity contribution in [3.63, 3.8) is 0 Å². The second-order valence-corrected chi connectivity index (χ2v) is 24.0. The lowest BCUT2D eigenvalue weighted by Gasteiger charge is -2.46. The normalized spacial score (nSPS) is 26.0. The molecule has 5 aromatic rings. The molecule has 9 heteroatoms. The first-order valence-corrected chi connectivity index (χ1v) is 27.0. The number of hydrogen-bond acceptors (Lipinski definition) is 8. The molecular weight excluding hydrogens is 887 g/mol. The number of carbonyl (C=O) groups is 1. The van der Waals surface area contributed by atoms with E-state index in [9.17, 15) is 9.90 Å². The highest BCUT2D eigenvalue weighted by Crippen LogP contribution is 2.47. The summed E-state index contributed by atoms with van der Waals surface area (Å²) in [5.41, 5.74) is 8.50. The average molecular weight is 966 g/mol. The highest BCUT2D eigenvalue weighted by molar-refractivity contribution is 5.96. The van der Waals surface area contributed by atoms with Crippen molar-refractivity contribution in [3.8, 4) is 12.3 Å². The molecule has 0 bridgehead atoms. The first-order chi connectivity index (χ1) is 34.5. The summed E-state index contributed by atoms with van der Waals surface area (Å²) in [6, 6.07) is 28.9. The number of nitrogens with zero attached hydrogens (tertiary/aromatic N) is 3. The topological polar surface area (TPSA) is 124 Å². The van der Waals surface area contributed by atoms with Crippen molar-refractivity contribution in [1.82, 2.24) is 20.6 Å². The van der Waals surface area contributed by atoms with Gasteiger partial charge in [-0.3, -0.25) is 9.79 Å². The summed E-state index contributed by atoms with van der Waals surface area (Å²) < 4.78 is 0. The van der Waals surface area contributed by atoms with Gasteiger partial charge in [0.2, 0.25) is 5.91 Å². The number of aliphatic hydroxyl groups is 1. The quantitative estimate of drug-likeness (QED) is 0.0745. The molecule has 0 spiro atoms. The third-order valence-electron chi connectivity index (χ3n) is 17.0. The molecular formula is C63H79N7O2. The molecule has 4 fully saturated rings. The van der Waals surface area contributed by atoms with E-state index < -0.39 is 5.60 Å². The molecule has 1 aromatic heterocycles. The number of benzene rings is 4. The summed E-state index contributed by atoms with van der Waals surface area (Å²) in [5, 5.41) is 28.1. The molecule has 4 aliphatic carbocycles. The number of aromatic nitrogens is 2. The number of anilines is 2. The molecule has 4 aromatic carbocycles. The third-order valence-corrected chi connectivity index (χ3v) is 17.0. The SMILES string of the molecule is C#Cc1cc(NCC(=C)NC2CC(C3CCC(O)(C4=CN=CC4)CC3)C2)c2cc(C(C)(C)C)ccc2c1.CC(C)(C)c1ccc2ncnc(NCC(=O)NC3CC(C4CCC(c5ccccc5)CC4)C3)c2c1. The van der Waals surface area contributed by atoms with Gasteiger partial charge in [0.15, 0.2) is 0 Å². The Morgan fingerprint density at radius 2 is 1.38 bits per heavy atom. The van der Waals surface area contributed by atoms with Gasteiger partial charge < -0.3 is 26.4 Å². The molecule has 0 atom stereocenters. The Morgan fingerprint density at radius 1 is 0.736 bits per heavy atom. The molecule has 0 radical (unpaired) electrons. The standard InChI is InChI=1S/C33H41N3O.C30H38N4O/c1-6-23-15-25-7-8-27(32(3,4)5)19-30(25)31(16-23)35-20-22(2)36-29-17-26(18-29)24-9-12-33(37,13-10-24)28-11-14-34-21-28;1-30(2,3)24-13-14-27-26(17-24)29(33-19-32-27)31-18-28(35)34-25-15-23(16-25)22-11-9-21(10-12-22)20-7-5-4-6-8-20/h1,7-8,14-16,19,21,24,26,29,35-37H,2,9-13,17-18,20H2,3-5H3;4-8,13-14,17,19,21-23,25H,9-12,15-16,18H2,1-3H3,(H,34,35)(H,31,32,33). The Balaban J connectivity index is 0.000000178. The van der Waals surface area contributed by atoms with Crippen LogP contribution in [0.3, 0.4) is 0 Å². The van der Waals surface area contributed by atoms with Crippen LogP contribution in [0.5, 0.6) is 0 Å². The van der Waals surface area contributed by atoms with Gasteiger partial charge in [-0.2, -0.15) is 0 Å². The number of aliphatic imine (C=N–C) groups is 1. The Kier molecular flexibility index (Phi) is 15.3. The molecule has 4 saturated carbocycles. The molecule has 10 rings (SSSR count). The fourth-order valence-corrected chi connectivity index (χ4v) is 12.2. The van der Waals surface area contributed by atoms with Gasteiger partial charge in [0, 0.05) is 58.6 Å². The average Bonchev–Trinajstić information content (AvgIpc) is 3.91. The van der Waals surface area contributed by atoms with E-state index in [0.717, 1.165) is 119 Å². The van der Waals surface area contributed by atoms with Gasteiger partial charge in [-0.25, -0.2) is 9.97 Å². The summed E-state index contributed by atoms with van der Waals surface area (Å²) in [6.45, 7) is 18.5. The van der Waals surface area contributed by atoms with Crippen LogP contribution in [0.1, 0.15) is 153 Å². The maximum absolute atomic E-state index is 12.6. The monoisotopic (exact) mass is 966 g/mol. The van der Waals surface area contributed by atoms with Crippen LogP contribution < -0.4 is 21.3 Å². The molecule has 1 aliphatic heterocycles. The van der Waals surface area contributed by atoms with Crippen LogP contribution in [0.15, 0.2) is 114 Å². The highest BCUT2D eigenvalue weighted by Gasteiger charge is 2.43. The van der Waals surface area contributed by atoms with Crippen LogP contribution in [-0.4, -0.2) is 58.0 Å². The summed E-state index contributed by atoms with van der Waals surface area (Å²) >= 11 is 0. The van der Waals surface area contributed by atoms with E-state index in [1.807, 2.05) is 18.5 Å². The number of fused-ring (bicyclic) bond motifs is 2. The fourth-order valence-electron chi connectivity index (χ4n) is 12.2. The van der Waals surface area contributed by atoms with Crippen LogP contribution in [0.25, 0.3) is 21.7 Å². The predicted octanol–water partition coefficient (Wildman–Crippen LogP) is 12.9. The molecule has 5 aliphatic rings. The minimum atomic E-state index is -0.622. The van der Waals surface area contributed by atoms with E-state index in [2.05, 4.69) is 163 Å². The second kappa shape index (κ2) is 21.6. The number of nitrogens with one attached hydrogen (secondary N) is 4. The molecule has 5 N–H and O–H groups in total. The lowest BCUT2D eigenvalue weighted by atomic mass is 9.64. The van der Waals surface area contributed by atoms with E-state index >= 15 is 0 Å². The molecule has 378 valence electrons. The van der Waals surface area contributed by atoms with Gasteiger partial charge in [-0.15, -0.1) is 6.42 Å². The van der Waals surface area contributed by atoms with E-state index in [1.54, 1.807) is 6.33 Å². The molecule has 0 saturated heterocycles. The van der Waals surface area contributed by atoms with E-state index in [4.69, 9.17) is 6.42 Å². The Hall–Kier alpha value is -5.98. The summed E-state index contributed by atoms with van der Waals surface area (Å²) in [4.78, 5) is 25.6. The smallest absolute Gasteiger partial charge is 0.239 e. The van der Waals surface area contributed by atoms with Gasteiger partial charge >= 0.3 is 0 Å². The second-order valence-electron chi connectivity index (χ2n) is 24.0. The minimum Gasteiger partial charge on any atom is -0.385 e.